The Morgan fingerprint density at radius 3 is 0.741 bits per heavy atom. The number of hydrogen-bond acceptors (Lipinski definition) is 2. The van der Waals surface area contributed by atoms with Crippen molar-refractivity contribution in [3.63, 3.8) is 0 Å². The minimum atomic E-state index is -1.11. The molecule has 0 radical (unpaired) electrons. The van der Waals surface area contributed by atoms with E-state index in [4.69, 9.17) is 24.5 Å². The van der Waals surface area contributed by atoms with Crippen LogP contribution in [0.25, 0.3) is 9.30 Å². The molecule has 0 aliphatic carbocycles. The van der Waals surface area contributed by atoms with Crippen molar-refractivity contribution >= 4 is 48.2 Å². The fraction of sp³-hybridized carbons (Fsp3) is 1.00. The topological polar surface area (TPSA) is 46.7 Å². The summed E-state index contributed by atoms with van der Waals surface area (Å²) in [6.07, 6.45) is 0. The number of ether oxygens (including phenoxy) is 2. The second-order valence-corrected chi connectivity index (χ2v) is 35.0. The molecule has 0 aromatic rings. The maximum atomic E-state index is 4.97. The fourth-order valence-corrected chi connectivity index (χ4v) is 18.3. The fourth-order valence-electron chi connectivity index (χ4n) is 2.18. The molecule has 0 aliphatic heterocycles. The van der Waals surface area contributed by atoms with Gasteiger partial charge in [-0.1, -0.05) is 112 Å². The van der Waals surface area contributed by atoms with Crippen LogP contribution in [0.1, 0.15) is 0 Å². The minimum absolute atomic E-state index is 0.691. The molecule has 168 valence electrons. The molecule has 0 aliphatic rings. The van der Waals surface area contributed by atoms with Crippen molar-refractivity contribution in [2.45, 2.75) is 78.6 Å². The molecule has 0 bridgehead atoms. The zero-order valence-electron chi connectivity index (χ0n) is 20.4. The van der Waals surface area contributed by atoms with E-state index in [0.29, 0.717) is 13.2 Å². The van der Waals surface area contributed by atoms with E-state index in [2.05, 4.69) is 88.0 Å². The van der Waals surface area contributed by atoms with Crippen molar-refractivity contribution in [2.75, 3.05) is 27.4 Å². The second kappa shape index (κ2) is 19.1. The Morgan fingerprint density at radius 1 is 0.556 bits per heavy atom. The Hall–Kier alpha value is 2.34. The molecule has 11 heteroatoms. The van der Waals surface area contributed by atoms with E-state index >= 15 is 0 Å². The summed E-state index contributed by atoms with van der Waals surface area (Å²) in [6.45, 7) is 28.9. The van der Waals surface area contributed by atoms with Crippen LogP contribution in [0.4, 0.5) is 0 Å². The van der Waals surface area contributed by atoms with Crippen LogP contribution in [0.5, 0.6) is 0 Å². The van der Waals surface area contributed by atoms with Gasteiger partial charge in [-0.15, -0.1) is 0 Å². The van der Waals surface area contributed by atoms with Crippen LogP contribution in [0.15, 0.2) is 0 Å². The van der Waals surface area contributed by atoms with E-state index in [0.717, 1.165) is 0 Å². The molecular weight excluding hydrogens is 673 g/mol. The van der Waals surface area contributed by atoms with Crippen LogP contribution in [0.2, 0.25) is 78.6 Å². The molecular formula is C16H46Cl2N2O2Si4U-2. The summed E-state index contributed by atoms with van der Waals surface area (Å²) >= 11 is -1.06. The van der Waals surface area contributed by atoms with Gasteiger partial charge in [0.1, 0.15) is 0 Å². The first-order valence-corrected chi connectivity index (χ1v) is 33.2. The molecule has 0 aromatic carbocycles. The second-order valence-electron chi connectivity index (χ2n) is 9.96. The SMILES string of the molecule is COCCOC.C[Si](C)(C)[N-][Si](C)(C)C.C[Si](C)(C)[N-][Si](C)(C)C.[Cl][U][Cl]. The van der Waals surface area contributed by atoms with Gasteiger partial charge in [-0.2, -0.15) is 0 Å². The van der Waals surface area contributed by atoms with Gasteiger partial charge in [0.05, 0.1) is 13.2 Å². The number of halogens is 2. The summed E-state index contributed by atoms with van der Waals surface area (Å²) in [6, 6.07) is 0. The summed E-state index contributed by atoms with van der Waals surface area (Å²) in [5, 5.41) is 0. The normalized spacial score (nSPS) is 11.7. The van der Waals surface area contributed by atoms with Crippen LogP contribution in [-0.2, 0) is 9.47 Å². The zero-order valence-corrected chi connectivity index (χ0v) is 30.1. The summed E-state index contributed by atoms with van der Waals surface area (Å²) in [5.41, 5.74) is 0. The van der Waals surface area contributed by atoms with Crippen LogP contribution in [0.3, 0.4) is 0 Å². The average Bonchev–Trinajstić information content (AvgIpc) is 2.29. The van der Waals surface area contributed by atoms with E-state index in [1.807, 2.05) is 0 Å². The van der Waals surface area contributed by atoms with E-state index in [1.54, 1.807) is 14.2 Å². The van der Waals surface area contributed by atoms with Crippen molar-refractivity contribution in [3.05, 3.63) is 9.30 Å². The molecule has 0 unspecified atom stereocenters. The van der Waals surface area contributed by atoms with Gasteiger partial charge in [0, 0.05) is 14.2 Å². The Morgan fingerprint density at radius 2 is 0.704 bits per heavy atom. The van der Waals surface area contributed by atoms with Gasteiger partial charge in [-0.25, -0.2) is 0 Å². The summed E-state index contributed by atoms with van der Waals surface area (Å²) < 4.78 is 19.0. The van der Waals surface area contributed by atoms with Gasteiger partial charge in [-0.3, -0.25) is 0 Å². The first kappa shape index (κ1) is 36.7. The molecule has 0 fully saturated rings. The van der Waals surface area contributed by atoms with Crippen LogP contribution >= 0.6 is 15.2 Å². The number of hydrogen-bond donors (Lipinski definition) is 0. The van der Waals surface area contributed by atoms with Crippen LogP contribution in [-0.4, -0.2) is 60.4 Å². The molecule has 27 heavy (non-hydrogen) atoms. The quantitative estimate of drug-likeness (QED) is 0.200. The van der Waals surface area contributed by atoms with Crippen molar-refractivity contribution in [1.82, 2.24) is 0 Å². The summed E-state index contributed by atoms with van der Waals surface area (Å²) in [4.78, 5) is 0. The third-order valence-electron chi connectivity index (χ3n) is 1.83. The van der Waals surface area contributed by atoms with Crippen LogP contribution < -0.4 is 0 Å². The molecule has 0 saturated heterocycles. The maximum absolute atomic E-state index is 4.97. The van der Waals surface area contributed by atoms with Crippen molar-refractivity contribution < 1.29 is 34.5 Å². The monoisotopic (exact) mass is 718 g/mol. The number of methoxy groups -OCH3 is 2. The van der Waals surface area contributed by atoms with Crippen molar-refractivity contribution in [1.29, 1.82) is 0 Å². The van der Waals surface area contributed by atoms with Gasteiger partial charge in [0.25, 0.3) is 0 Å². The summed E-state index contributed by atoms with van der Waals surface area (Å²) in [5.74, 6) is 0. The predicted octanol–water partition coefficient (Wildman–Crippen LogP) is 7.72. The van der Waals surface area contributed by atoms with E-state index in [9.17, 15) is 0 Å². The molecule has 4 nitrogen and oxygen atoms in total. The van der Waals surface area contributed by atoms with Crippen molar-refractivity contribution in [3.8, 4) is 0 Å². The molecule has 0 N–H and O–H groups in total. The van der Waals surface area contributed by atoms with Gasteiger partial charge in [-0.05, 0) is 0 Å². The van der Waals surface area contributed by atoms with E-state index < -0.39 is 58.0 Å². The Labute approximate surface area is 196 Å². The Kier molecular flexibility index (Phi) is 25.9. The Balaban J connectivity index is -0.000000139. The van der Waals surface area contributed by atoms with Gasteiger partial charge >= 0.3 is 40.3 Å². The first-order valence-electron chi connectivity index (χ1n) is 9.17. The zero-order chi connectivity index (χ0) is 22.9. The van der Waals surface area contributed by atoms with Gasteiger partial charge in [0.2, 0.25) is 0 Å². The van der Waals surface area contributed by atoms with E-state index in [-0.39, 0.29) is 0 Å². The average molecular weight is 720 g/mol. The number of nitrogens with zero attached hydrogens (tertiary/aromatic N) is 2. The molecule has 0 amide bonds. The Bertz CT molecular complexity index is 266. The molecule has 0 rings (SSSR count). The molecule has 0 saturated carbocycles. The molecule has 0 heterocycles. The molecule has 0 atom stereocenters. The van der Waals surface area contributed by atoms with E-state index in [1.165, 1.54) is 0 Å². The number of rotatable bonds is 7. The predicted molar refractivity (Wildman–Crippen MR) is 136 cm³/mol. The molecule has 0 spiro atoms. The van der Waals surface area contributed by atoms with Crippen LogP contribution in [0, 0.1) is 25.1 Å². The van der Waals surface area contributed by atoms with Gasteiger partial charge in [0.15, 0.2) is 0 Å². The summed E-state index contributed by atoms with van der Waals surface area (Å²) in [7, 11) is 8.83. The van der Waals surface area contributed by atoms with Crippen molar-refractivity contribution in [2.24, 2.45) is 0 Å². The third kappa shape index (κ3) is 65.4. The third-order valence-corrected chi connectivity index (χ3v) is 12.6. The molecule has 0 aromatic heterocycles. The first-order chi connectivity index (χ1) is 11.7. The standard InChI is InChI=1S/2C6H18NSi2.C4H10O2.2ClH.U/c2*1-8(2,3)7-9(4,5)6;1-5-3-4-6-2;;;/h2*1-6H3;3-4H2,1-2H3;2*1H;/q2*-1;;;;+2/p-2. The van der Waals surface area contributed by atoms with Gasteiger partial charge < -0.3 is 18.8 Å².